The van der Waals surface area contributed by atoms with Gasteiger partial charge in [-0.25, -0.2) is 4.98 Å². The second-order valence-electron chi connectivity index (χ2n) is 6.54. The smallest absolute Gasteiger partial charge is 0.229 e. The van der Waals surface area contributed by atoms with Crippen LogP contribution >= 0.6 is 11.3 Å². The third-order valence-electron chi connectivity index (χ3n) is 4.31. The van der Waals surface area contributed by atoms with Gasteiger partial charge in [-0.2, -0.15) is 0 Å². The van der Waals surface area contributed by atoms with Crippen molar-refractivity contribution in [3.63, 3.8) is 0 Å². The van der Waals surface area contributed by atoms with E-state index in [1.807, 2.05) is 60.7 Å². The minimum Gasteiger partial charge on any atom is -0.316 e. The van der Waals surface area contributed by atoms with Crippen molar-refractivity contribution in [2.75, 3.05) is 10.6 Å². The number of nitrogens with one attached hydrogen (secondary N) is 2. The molecule has 1 aliphatic carbocycles. The molecule has 1 heterocycles. The highest BCUT2D eigenvalue weighted by molar-refractivity contribution is 7.20. The highest BCUT2D eigenvalue weighted by Gasteiger charge is 2.30. The summed E-state index contributed by atoms with van der Waals surface area (Å²) in [6, 6.07) is 19.2. The first kappa shape index (κ1) is 17.4. The molecule has 2 N–H and O–H groups in total. The van der Waals surface area contributed by atoms with E-state index in [1.54, 1.807) is 0 Å². The number of carbonyl (C=O) groups excluding carboxylic acids is 2. The quantitative estimate of drug-likeness (QED) is 0.671. The third kappa shape index (κ3) is 4.41. The van der Waals surface area contributed by atoms with Crippen molar-refractivity contribution in [1.82, 2.24) is 4.98 Å². The SMILES string of the molecule is O=C(Cc1ccccc1)Nc1sc(NC(=O)C2CC2)nc1-c1ccccc1. The van der Waals surface area contributed by atoms with Gasteiger partial charge in [0.05, 0.1) is 6.42 Å². The Kier molecular flexibility index (Phi) is 4.98. The van der Waals surface area contributed by atoms with E-state index < -0.39 is 0 Å². The predicted octanol–water partition coefficient (Wildman–Crippen LogP) is 4.34. The van der Waals surface area contributed by atoms with Crippen molar-refractivity contribution in [3.8, 4) is 11.3 Å². The molecule has 1 fully saturated rings. The van der Waals surface area contributed by atoms with Crippen LogP contribution in [-0.2, 0) is 16.0 Å². The number of rotatable bonds is 6. The minimum atomic E-state index is -0.109. The molecule has 4 rings (SSSR count). The predicted molar refractivity (Wildman–Crippen MR) is 108 cm³/mol. The molecule has 1 saturated carbocycles. The Morgan fingerprint density at radius 1 is 0.963 bits per heavy atom. The summed E-state index contributed by atoms with van der Waals surface area (Å²) in [5, 5.41) is 7.00. The summed E-state index contributed by atoms with van der Waals surface area (Å²) in [6.07, 6.45) is 2.16. The van der Waals surface area contributed by atoms with Gasteiger partial charge >= 0.3 is 0 Å². The molecule has 2 amide bonds. The molecular weight excluding hydrogens is 358 g/mol. The number of aromatic nitrogens is 1. The van der Waals surface area contributed by atoms with Crippen molar-refractivity contribution >= 4 is 33.3 Å². The number of carbonyl (C=O) groups is 2. The number of anilines is 2. The van der Waals surface area contributed by atoms with Gasteiger partial charge in [-0.3, -0.25) is 9.59 Å². The molecule has 6 heteroatoms. The number of amides is 2. The topological polar surface area (TPSA) is 71.1 Å². The molecule has 136 valence electrons. The second-order valence-corrected chi connectivity index (χ2v) is 7.54. The van der Waals surface area contributed by atoms with E-state index in [0.29, 0.717) is 15.8 Å². The summed E-state index contributed by atoms with van der Waals surface area (Å²) < 4.78 is 0. The Hall–Kier alpha value is -2.99. The lowest BCUT2D eigenvalue weighted by Gasteiger charge is -2.05. The lowest BCUT2D eigenvalue weighted by atomic mass is 10.1. The molecule has 0 bridgehead atoms. The molecule has 0 aliphatic heterocycles. The van der Waals surface area contributed by atoms with Crippen LogP contribution in [0.4, 0.5) is 10.1 Å². The van der Waals surface area contributed by atoms with Gasteiger partial charge in [-0.1, -0.05) is 72.0 Å². The molecule has 0 spiro atoms. The summed E-state index contributed by atoms with van der Waals surface area (Å²) in [5.74, 6) is -0.00202. The fourth-order valence-corrected chi connectivity index (χ4v) is 3.66. The number of hydrogen-bond acceptors (Lipinski definition) is 4. The maximum Gasteiger partial charge on any atom is 0.229 e. The van der Waals surface area contributed by atoms with Crippen molar-refractivity contribution in [2.24, 2.45) is 5.92 Å². The van der Waals surface area contributed by atoms with Crippen LogP contribution in [0, 0.1) is 5.92 Å². The summed E-state index contributed by atoms with van der Waals surface area (Å²) in [5.41, 5.74) is 2.52. The Balaban J connectivity index is 1.56. The minimum absolute atomic E-state index is 0.00511. The first-order valence-electron chi connectivity index (χ1n) is 8.90. The van der Waals surface area contributed by atoms with Crippen LogP contribution < -0.4 is 10.6 Å². The van der Waals surface area contributed by atoms with E-state index in [1.165, 1.54) is 11.3 Å². The van der Waals surface area contributed by atoms with Crippen molar-refractivity contribution in [2.45, 2.75) is 19.3 Å². The number of hydrogen-bond donors (Lipinski definition) is 2. The molecule has 1 aromatic heterocycles. The number of benzene rings is 2. The third-order valence-corrected chi connectivity index (χ3v) is 5.20. The first-order chi connectivity index (χ1) is 13.2. The van der Waals surface area contributed by atoms with Crippen molar-refractivity contribution in [1.29, 1.82) is 0 Å². The summed E-state index contributed by atoms with van der Waals surface area (Å²) in [6.45, 7) is 0. The van der Waals surface area contributed by atoms with Crippen molar-refractivity contribution < 1.29 is 9.59 Å². The maximum absolute atomic E-state index is 12.5. The van der Waals surface area contributed by atoms with E-state index in [2.05, 4.69) is 15.6 Å². The molecule has 5 nitrogen and oxygen atoms in total. The molecule has 0 atom stereocenters. The highest BCUT2D eigenvalue weighted by atomic mass is 32.1. The van der Waals surface area contributed by atoms with Gasteiger partial charge in [0.25, 0.3) is 0 Å². The Bertz CT molecular complexity index is 950. The second kappa shape index (κ2) is 7.72. The Morgan fingerprint density at radius 2 is 1.63 bits per heavy atom. The van der Waals surface area contributed by atoms with Crippen LogP contribution in [-0.4, -0.2) is 16.8 Å². The zero-order chi connectivity index (χ0) is 18.6. The van der Waals surface area contributed by atoms with Crippen LogP contribution in [0.5, 0.6) is 0 Å². The first-order valence-corrected chi connectivity index (χ1v) is 9.71. The number of thiazole rings is 1. The molecule has 3 aromatic rings. The highest BCUT2D eigenvalue weighted by Crippen LogP contribution is 2.37. The van der Waals surface area contributed by atoms with Crippen molar-refractivity contribution in [3.05, 3.63) is 66.2 Å². The van der Waals surface area contributed by atoms with E-state index in [4.69, 9.17) is 0 Å². The van der Waals surface area contributed by atoms with Gasteiger partial charge in [0.15, 0.2) is 5.13 Å². The van der Waals surface area contributed by atoms with Crippen LogP contribution in [0.2, 0.25) is 0 Å². The summed E-state index contributed by atoms with van der Waals surface area (Å²) >= 11 is 1.29. The molecule has 1 aliphatic rings. The van der Waals surface area contributed by atoms with E-state index >= 15 is 0 Å². The Morgan fingerprint density at radius 3 is 2.30 bits per heavy atom. The lowest BCUT2D eigenvalue weighted by Crippen LogP contribution is -2.14. The van der Waals surface area contributed by atoms with Gasteiger partial charge in [-0.15, -0.1) is 0 Å². The van der Waals surface area contributed by atoms with Crippen LogP contribution in [0.1, 0.15) is 18.4 Å². The molecule has 0 radical (unpaired) electrons. The van der Waals surface area contributed by atoms with Gasteiger partial charge in [0, 0.05) is 11.5 Å². The standard InChI is InChI=1S/C21H19N3O2S/c25-17(13-14-7-3-1-4-8-14)22-20-18(15-9-5-2-6-10-15)23-21(27-20)24-19(26)16-11-12-16/h1-10,16H,11-13H2,(H,22,25)(H,23,24,26). The van der Waals surface area contributed by atoms with E-state index in [-0.39, 0.29) is 24.2 Å². The zero-order valence-corrected chi connectivity index (χ0v) is 15.5. The van der Waals surface area contributed by atoms with Crippen LogP contribution in [0.3, 0.4) is 0 Å². The molecule has 0 saturated heterocycles. The molecule has 27 heavy (non-hydrogen) atoms. The van der Waals surface area contributed by atoms with E-state index in [0.717, 1.165) is 24.0 Å². The van der Waals surface area contributed by atoms with Gasteiger partial charge < -0.3 is 10.6 Å². The lowest BCUT2D eigenvalue weighted by molar-refractivity contribution is -0.117. The van der Waals surface area contributed by atoms with E-state index in [9.17, 15) is 9.59 Å². The zero-order valence-electron chi connectivity index (χ0n) is 14.6. The fraction of sp³-hybridized carbons (Fsp3) is 0.190. The van der Waals surface area contributed by atoms with Crippen LogP contribution in [0.15, 0.2) is 60.7 Å². The average Bonchev–Trinajstić information content (AvgIpc) is 3.46. The largest absolute Gasteiger partial charge is 0.316 e. The average molecular weight is 377 g/mol. The van der Waals surface area contributed by atoms with Gasteiger partial charge in [0.1, 0.15) is 10.7 Å². The fourth-order valence-electron chi connectivity index (χ4n) is 2.76. The normalized spacial score (nSPS) is 13.2. The molecule has 0 unspecified atom stereocenters. The van der Waals surface area contributed by atoms with Gasteiger partial charge in [0.2, 0.25) is 11.8 Å². The van der Waals surface area contributed by atoms with Gasteiger partial charge in [-0.05, 0) is 18.4 Å². The summed E-state index contributed by atoms with van der Waals surface area (Å²) in [4.78, 5) is 29.1. The Labute approximate surface area is 161 Å². The summed E-state index contributed by atoms with van der Waals surface area (Å²) in [7, 11) is 0. The van der Waals surface area contributed by atoms with Crippen LogP contribution in [0.25, 0.3) is 11.3 Å². The monoisotopic (exact) mass is 377 g/mol. The molecule has 2 aromatic carbocycles. The maximum atomic E-state index is 12.5. The number of nitrogens with zero attached hydrogens (tertiary/aromatic N) is 1. The molecular formula is C21H19N3O2S.